The van der Waals surface area contributed by atoms with E-state index in [0.29, 0.717) is 6.04 Å². The molecule has 3 heteroatoms. The van der Waals surface area contributed by atoms with Gasteiger partial charge in [-0.25, -0.2) is 0 Å². The molecule has 1 heterocycles. The lowest BCUT2D eigenvalue weighted by atomic mass is 10.0. The van der Waals surface area contributed by atoms with Crippen molar-refractivity contribution in [3.05, 3.63) is 0 Å². The van der Waals surface area contributed by atoms with Gasteiger partial charge in [0.1, 0.15) is 0 Å². The molecule has 3 nitrogen and oxygen atoms in total. The molecule has 1 aliphatic rings. The predicted molar refractivity (Wildman–Crippen MR) is 68.7 cm³/mol. The first-order valence-corrected chi connectivity index (χ1v) is 6.87. The number of hydrogen-bond acceptors (Lipinski definition) is 3. The maximum atomic E-state index is 10.1. The summed E-state index contributed by atoms with van der Waals surface area (Å²) < 4.78 is 0. The monoisotopic (exact) mass is 228 g/mol. The van der Waals surface area contributed by atoms with Crippen molar-refractivity contribution in [1.29, 1.82) is 0 Å². The summed E-state index contributed by atoms with van der Waals surface area (Å²) in [4.78, 5) is 4.96. The number of rotatable bonds is 6. The molecular formula is C13H28N2O. The zero-order valence-corrected chi connectivity index (χ0v) is 11.2. The molecule has 0 aromatic carbocycles. The second kappa shape index (κ2) is 7.25. The molecule has 0 aromatic rings. The molecule has 96 valence electrons. The Morgan fingerprint density at radius 2 is 1.69 bits per heavy atom. The number of piperazine rings is 1. The van der Waals surface area contributed by atoms with Gasteiger partial charge in [-0.15, -0.1) is 0 Å². The summed E-state index contributed by atoms with van der Waals surface area (Å²) >= 11 is 0. The molecule has 1 saturated heterocycles. The molecule has 0 bridgehead atoms. The quantitative estimate of drug-likeness (QED) is 0.747. The SMILES string of the molecule is CCCC(O)C(CC)N1CCN(CC)CC1. The molecule has 2 unspecified atom stereocenters. The van der Waals surface area contributed by atoms with Crippen molar-refractivity contribution in [1.82, 2.24) is 9.80 Å². The van der Waals surface area contributed by atoms with Gasteiger partial charge in [-0.3, -0.25) is 4.90 Å². The highest BCUT2D eigenvalue weighted by atomic mass is 16.3. The summed E-state index contributed by atoms with van der Waals surface area (Å²) in [5.74, 6) is 0. The summed E-state index contributed by atoms with van der Waals surface area (Å²) in [7, 11) is 0. The van der Waals surface area contributed by atoms with Gasteiger partial charge in [-0.2, -0.15) is 0 Å². The van der Waals surface area contributed by atoms with Crippen LogP contribution in [0.5, 0.6) is 0 Å². The number of nitrogens with zero attached hydrogens (tertiary/aromatic N) is 2. The number of hydrogen-bond donors (Lipinski definition) is 1. The van der Waals surface area contributed by atoms with Crippen molar-refractivity contribution < 1.29 is 5.11 Å². The van der Waals surface area contributed by atoms with Crippen LogP contribution < -0.4 is 0 Å². The second-order valence-electron chi connectivity index (χ2n) is 4.80. The van der Waals surface area contributed by atoms with Crippen LogP contribution in [-0.2, 0) is 0 Å². The van der Waals surface area contributed by atoms with E-state index >= 15 is 0 Å². The highest BCUT2D eigenvalue weighted by molar-refractivity contribution is 4.82. The summed E-state index contributed by atoms with van der Waals surface area (Å²) in [6.45, 7) is 12.3. The molecule has 16 heavy (non-hydrogen) atoms. The minimum absolute atomic E-state index is 0.136. The fourth-order valence-corrected chi connectivity index (χ4v) is 2.67. The second-order valence-corrected chi connectivity index (χ2v) is 4.80. The van der Waals surface area contributed by atoms with E-state index in [9.17, 15) is 5.11 Å². The first-order valence-electron chi connectivity index (χ1n) is 6.87. The van der Waals surface area contributed by atoms with Gasteiger partial charge < -0.3 is 10.0 Å². The van der Waals surface area contributed by atoms with Crippen LogP contribution >= 0.6 is 0 Å². The van der Waals surface area contributed by atoms with Gasteiger partial charge in [0.25, 0.3) is 0 Å². The van der Waals surface area contributed by atoms with Crippen molar-refractivity contribution >= 4 is 0 Å². The number of likely N-dealkylation sites (N-methyl/N-ethyl adjacent to an activating group) is 1. The molecule has 0 spiro atoms. The predicted octanol–water partition coefficient (Wildman–Crippen LogP) is 1.56. The van der Waals surface area contributed by atoms with Gasteiger partial charge in [0, 0.05) is 32.2 Å². The Morgan fingerprint density at radius 1 is 1.06 bits per heavy atom. The third kappa shape index (κ3) is 3.72. The lowest BCUT2D eigenvalue weighted by Gasteiger charge is -2.40. The fraction of sp³-hybridized carbons (Fsp3) is 1.00. The topological polar surface area (TPSA) is 26.7 Å². The average Bonchev–Trinajstić information content (AvgIpc) is 2.31. The van der Waals surface area contributed by atoms with Gasteiger partial charge in [0.15, 0.2) is 0 Å². The van der Waals surface area contributed by atoms with E-state index < -0.39 is 0 Å². The van der Waals surface area contributed by atoms with Gasteiger partial charge in [-0.05, 0) is 19.4 Å². The molecular weight excluding hydrogens is 200 g/mol. The van der Waals surface area contributed by atoms with E-state index in [1.807, 2.05) is 0 Å². The van der Waals surface area contributed by atoms with E-state index in [-0.39, 0.29) is 6.10 Å². The van der Waals surface area contributed by atoms with E-state index in [1.165, 1.54) is 0 Å². The van der Waals surface area contributed by atoms with Crippen molar-refractivity contribution in [3.8, 4) is 0 Å². The Morgan fingerprint density at radius 3 is 2.12 bits per heavy atom. The van der Waals surface area contributed by atoms with Crippen LogP contribution in [0, 0.1) is 0 Å². The Bertz CT molecular complexity index is 179. The zero-order chi connectivity index (χ0) is 12.0. The summed E-state index contributed by atoms with van der Waals surface area (Å²) in [5.41, 5.74) is 0. The minimum Gasteiger partial charge on any atom is -0.391 e. The van der Waals surface area contributed by atoms with E-state index in [2.05, 4.69) is 30.6 Å². The maximum Gasteiger partial charge on any atom is 0.0695 e. The smallest absolute Gasteiger partial charge is 0.0695 e. The molecule has 0 radical (unpaired) electrons. The van der Waals surface area contributed by atoms with Crippen LogP contribution in [0.1, 0.15) is 40.0 Å². The first kappa shape index (κ1) is 13.9. The molecule has 0 amide bonds. The molecule has 0 aromatic heterocycles. The highest BCUT2D eigenvalue weighted by Gasteiger charge is 2.26. The van der Waals surface area contributed by atoms with Gasteiger partial charge >= 0.3 is 0 Å². The van der Waals surface area contributed by atoms with Crippen molar-refractivity contribution in [2.75, 3.05) is 32.7 Å². The number of aliphatic hydroxyl groups is 1. The normalized spacial score (nSPS) is 23.2. The third-order valence-corrected chi connectivity index (χ3v) is 3.77. The Kier molecular flexibility index (Phi) is 6.32. The molecule has 1 aliphatic heterocycles. The Labute approximate surface area is 100 Å². The molecule has 0 aliphatic carbocycles. The van der Waals surface area contributed by atoms with Gasteiger partial charge in [0.05, 0.1) is 6.10 Å². The van der Waals surface area contributed by atoms with Crippen LogP contribution in [-0.4, -0.2) is 59.8 Å². The minimum atomic E-state index is -0.136. The third-order valence-electron chi connectivity index (χ3n) is 3.77. The molecule has 2 atom stereocenters. The molecule has 0 saturated carbocycles. The van der Waals surface area contributed by atoms with Crippen LogP contribution in [0.15, 0.2) is 0 Å². The van der Waals surface area contributed by atoms with Gasteiger partial charge in [-0.1, -0.05) is 27.2 Å². The molecule has 1 fully saturated rings. The zero-order valence-electron chi connectivity index (χ0n) is 11.2. The molecule has 1 rings (SSSR count). The van der Waals surface area contributed by atoms with E-state index in [4.69, 9.17) is 0 Å². The van der Waals surface area contributed by atoms with Crippen molar-refractivity contribution in [2.45, 2.75) is 52.2 Å². The van der Waals surface area contributed by atoms with Crippen LogP contribution in [0.25, 0.3) is 0 Å². The highest BCUT2D eigenvalue weighted by Crippen LogP contribution is 2.15. The Balaban J connectivity index is 2.42. The van der Waals surface area contributed by atoms with E-state index in [1.54, 1.807) is 0 Å². The van der Waals surface area contributed by atoms with E-state index in [0.717, 1.165) is 52.0 Å². The molecule has 1 N–H and O–H groups in total. The average molecular weight is 228 g/mol. The lowest BCUT2D eigenvalue weighted by Crippen LogP contribution is -2.53. The van der Waals surface area contributed by atoms with Crippen LogP contribution in [0.4, 0.5) is 0 Å². The standard InChI is InChI=1S/C13H28N2O/c1-4-7-13(16)12(5-2)15-10-8-14(6-3)9-11-15/h12-13,16H,4-11H2,1-3H3. The largest absolute Gasteiger partial charge is 0.391 e. The maximum absolute atomic E-state index is 10.1. The lowest BCUT2D eigenvalue weighted by molar-refractivity contribution is 0.0139. The van der Waals surface area contributed by atoms with Crippen molar-refractivity contribution in [3.63, 3.8) is 0 Å². The fourth-order valence-electron chi connectivity index (χ4n) is 2.67. The Hall–Kier alpha value is -0.120. The first-order chi connectivity index (χ1) is 7.72. The van der Waals surface area contributed by atoms with Crippen molar-refractivity contribution in [2.24, 2.45) is 0 Å². The van der Waals surface area contributed by atoms with Crippen LogP contribution in [0.2, 0.25) is 0 Å². The summed E-state index contributed by atoms with van der Waals surface area (Å²) in [5, 5.41) is 10.1. The van der Waals surface area contributed by atoms with Crippen LogP contribution in [0.3, 0.4) is 0 Å². The summed E-state index contributed by atoms with van der Waals surface area (Å²) in [6.07, 6.45) is 2.94. The van der Waals surface area contributed by atoms with Gasteiger partial charge in [0.2, 0.25) is 0 Å². The number of aliphatic hydroxyl groups excluding tert-OH is 1. The summed E-state index contributed by atoms with van der Waals surface area (Å²) in [6, 6.07) is 0.374.